The lowest BCUT2D eigenvalue weighted by Gasteiger charge is -2.16. The molecule has 9 nitrogen and oxygen atoms in total. The number of ether oxygens (including phenoxy) is 2. The van der Waals surface area contributed by atoms with Gasteiger partial charge in [0, 0.05) is 12.6 Å². The first-order chi connectivity index (χ1) is 14.4. The van der Waals surface area contributed by atoms with Gasteiger partial charge in [-0.2, -0.15) is 9.36 Å². The van der Waals surface area contributed by atoms with Gasteiger partial charge in [-0.15, -0.1) is 0 Å². The van der Waals surface area contributed by atoms with E-state index in [9.17, 15) is 4.79 Å². The van der Waals surface area contributed by atoms with Gasteiger partial charge in [-0.3, -0.25) is 0 Å². The van der Waals surface area contributed by atoms with Crippen molar-refractivity contribution >= 4 is 5.71 Å². The summed E-state index contributed by atoms with van der Waals surface area (Å²) in [6.07, 6.45) is 0. The number of hydrogen-bond donors (Lipinski definition) is 0. The summed E-state index contributed by atoms with van der Waals surface area (Å²) < 4.78 is 14.0. The van der Waals surface area contributed by atoms with Crippen LogP contribution in [0.3, 0.4) is 0 Å². The molecule has 0 saturated carbocycles. The number of oxime groups is 1. The Bertz CT molecular complexity index is 1150. The summed E-state index contributed by atoms with van der Waals surface area (Å²) in [5.41, 5.74) is 4.65. The second-order valence-electron chi connectivity index (χ2n) is 6.84. The van der Waals surface area contributed by atoms with Crippen molar-refractivity contribution in [3.05, 3.63) is 63.1 Å². The summed E-state index contributed by atoms with van der Waals surface area (Å²) in [4.78, 5) is 17.2. The number of nitrogens with zero attached hydrogens (tertiary/aromatic N) is 5. The molecular formula is C21H25N5O4. The van der Waals surface area contributed by atoms with Crippen LogP contribution in [-0.4, -0.2) is 39.7 Å². The fourth-order valence-corrected chi connectivity index (χ4v) is 3.22. The van der Waals surface area contributed by atoms with E-state index in [2.05, 4.69) is 15.6 Å². The van der Waals surface area contributed by atoms with Crippen molar-refractivity contribution in [3.63, 3.8) is 0 Å². The van der Waals surface area contributed by atoms with Gasteiger partial charge in [-0.25, -0.2) is 4.79 Å². The first kappa shape index (κ1) is 21.1. The van der Waals surface area contributed by atoms with Gasteiger partial charge in [-0.1, -0.05) is 11.2 Å². The van der Waals surface area contributed by atoms with Crippen LogP contribution in [0.2, 0.25) is 0 Å². The molecule has 3 aromatic rings. The summed E-state index contributed by atoms with van der Waals surface area (Å²) in [6, 6.07) is 9.36. The highest BCUT2D eigenvalue weighted by molar-refractivity contribution is 6.00. The molecule has 0 fully saturated rings. The molecule has 1 heterocycles. The third kappa shape index (κ3) is 4.05. The van der Waals surface area contributed by atoms with E-state index in [0.29, 0.717) is 17.0 Å². The van der Waals surface area contributed by atoms with E-state index in [1.54, 1.807) is 26.3 Å². The highest BCUT2D eigenvalue weighted by atomic mass is 16.6. The standard InChI is InChI=1S/C21H25N5O4/c1-13-11-20(14(2)10-16(13)15(3)22-29-6)30-12-17-18(8-7-9-19(17)28-5)26-21(27)25(4)23-24-26/h7-11H,12H2,1-6H3/b22-15+. The highest BCUT2D eigenvalue weighted by Gasteiger charge is 2.17. The van der Waals surface area contributed by atoms with Gasteiger partial charge >= 0.3 is 5.69 Å². The van der Waals surface area contributed by atoms with E-state index in [1.807, 2.05) is 39.0 Å². The molecule has 0 bridgehead atoms. The maximum Gasteiger partial charge on any atom is 0.368 e. The Morgan fingerprint density at radius 3 is 2.50 bits per heavy atom. The minimum atomic E-state index is -0.353. The van der Waals surface area contributed by atoms with E-state index in [4.69, 9.17) is 14.3 Å². The Hall–Kier alpha value is -3.62. The van der Waals surface area contributed by atoms with Gasteiger partial charge in [0.1, 0.15) is 25.2 Å². The molecule has 0 aliphatic heterocycles. The quantitative estimate of drug-likeness (QED) is 0.438. The lowest BCUT2D eigenvalue weighted by molar-refractivity contribution is 0.213. The Morgan fingerprint density at radius 1 is 1.10 bits per heavy atom. The van der Waals surface area contributed by atoms with Gasteiger partial charge in [-0.05, 0) is 66.6 Å². The highest BCUT2D eigenvalue weighted by Crippen LogP contribution is 2.29. The van der Waals surface area contributed by atoms with E-state index >= 15 is 0 Å². The Labute approximate surface area is 174 Å². The predicted molar refractivity (Wildman–Crippen MR) is 113 cm³/mol. The van der Waals surface area contributed by atoms with Crippen molar-refractivity contribution in [1.82, 2.24) is 19.8 Å². The van der Waals surface area contributed by atoms with E-state index in [-0.39, 0.29) is 12.3 Å². The van der Waals surface area contributed by atoms with Crippen LogP contribution in [0.4, 0.5) is 0 Å². The first-order valence-electron chi connectivity index (χ1n) is 9.34. The summed E-state index contributed by atoms with van der Waals surface area (Å²) in [5, 5.41) is 11.7. The number of rotatable bonds is 7. The number of methoxy groups -OCH3 is 1. The molecule has 0 spiro atoms. The van der Waals surface area contributed by atoms with Crippen LogP contribution in [0.1, 0.15) is 29.2 Å². The van der Waals surface area contributed by atoms with Gasteiger partial charge in [0.15, 0.2) is 0 Å². The Balaban J connectivity index is 1.96. The molecule has 1 aromatic heterocycles. The Morgan fingerprint density at radius 2 is 1.87 bits per heavy atom. The molecular weight excluding hydrogens is 386 g/mol. The van der Waals surface area contributed by atoms with Crippen molar-refractivity contribution < 1.29 is 14.3 Å². The van der Waals surface area contributed by atoms with Crippen molar-refractivity contribution in [2.24, 2.45) is 12.2 Å². The van der Waals surface area contributed by atoms with Gasteiger partial charge in [0.2, 0.25) is 0 Å². The van der Waals surface area contributed by atoms with E-state index in [1.165, 1.54) is 16.5 Å². The predicted octanol–water partition coefficient (Wildman–Crippen LogP) is 2.54. The molecule has 0 aliphatic rings. The molecule has 3 rings (SSSR count). The molecule has 30 heavy (non-hydrogen) atoms. The first-order valence-corrected chi connectivity index (χ1v) is 9.34. The molecule has 0 saturated heterocycles. The number of hydrogen-bond acceptors (Lipinski definition) is 7. The molecule has 0 N–H and O–H groups in total. The lowest BCUT2D eigenvalue weighted by Crippen LogP contribution is -2.23. The van der Waals surface area contributed by atoms with Gasteiger partial charge in [0.25, 0.3) is 0 Å². The van der Waals surface area contributed by atoms with Crippen LogP contribution in [-0.2, 0) is 18.5 Å². The zero-order valence-corrected chi connectivity index (χ0v) is 18.0. The Kier molecular flexibility index (Phi) is 6.20. The van der Waals surface area contributed by atoms with Crippen LogP contribution in [0, 0.1) is 13.8 Å². The maximum atomic E-state index is 12.3. The van der Waals surface area contributed by atoms with E-state index < -0.39 is 0 Å². The van der Waals surface area contributed by atoms with Gasteiger partial charge in [0.05, 0.1) is 24.1 Å². The van der Waals surface area contributed by atoms with Gasteiger partial charge < -0.3 is 14.3 Å². The molecule has 0 amide bonds. The average molecular weight is 411 g/mol. The summed E-state index contributed by atoms with van der Waals surface area (Å²) in [7, 11) is 4.64. The third-order valence-corrected chi connectivity index (χ3v) is 4.79. The second-order valence-corrected chi connectivity index (χ2v) is 6.84. The average Bonchev–Trinajstić information content (AvgIpc) is 3.06. The zero-order valence-electron chi connectivity index (χ0n) is 18.0. The van der Waals surface area contributed by atoms with Crippen LogP contribution in [0.25, 0.3) is 5.69 Å². The molecule has 2 aromatic carbocycles. The monoisotopic (exact) mass is 411 g/mol. The molecule has 0 unspecified atom stereocenters. The number of aryl methyl sites for hydroxylation is 3. The summed E-state index contributed by atoms with van der Waals surface area (Å²) in [6.45, 7) is 6.04. The van der Waals surface area contributed by atoms with Crippen LogP contribution in [0.5, 0.6) is 11.5 Å². The maximum absolute atomic E-state index is 12.3. The fraction of sp³-hybridized carbons (Fsp3) is 0.333. The summed E-state index contributed by atoms with van der Waals surface area (Å²) in [5.74, 6) is 1.32. The number of aromatic nitrogens is 4. The normalized spacial score (nSPS) is 11.5. The minimum absolute atomic E-state index is 0.188. The number of benzene rings is 2. The topological polar surface area (TPSA) is 92.8 Å². The third-order valence-electron chi connectivity index (χ3n) is 4.79. The molecule has 9 heteroatoms. The van der Waals surface area contributed by atoms with Crippen molar-refractivity contribution in [1.29, 1.82) is 0 Å². The summed E-state index contributed by atoms with van der Waals surface area (Å²) >= 11 is 0. The SMILES string of the molecule is CO/N=C(\C)c1cc(C)c(OCc2c(OC)cccc2-n2nnn(C)c2=O)cc1C. The van der Waals surface area contributed by atoms with E-state index in [0.717, 1.165) is 28.2 Å². The fourth-order valence-electron chi connectivity index (χ4n) is 3.22. The van der Waals surface area contributed by atoms with Crippen molar-refractivity contribution in [2.75, 3.05) is 14.2 Å². The lowest BCUT2D eigenvalue weighted by atomic mass is 10.0. The molecule has 0 radical (unpaired) electrons. The smallest absolute Gasteiger partial charge is 0.368 e. The minimum Gasteiger partial charge on any atom is -0.496 e. The molecule has 158 valence electrons. The van der Waals surface area contributed by atoms with Crippen LogP contribution in [0.15, 0.2) is 40.3 Å². The largest absolute Gasteiger partial charge is 0.496 e. The van der Waals surface area contributed by atoms with Crippen molar-refractivity contribution in [3.8, 4) is 17.2 Å². The second kappa shape index (κ2) is 8.81. The van der Waals surface area contributed by atoms with Crippen LogP contribution >= 0.6 is 0 Å². The zero-order chi connectivity index (χ0) is 21.8. The van der Waals surface area contributed by atoms with Crippen LogP contribution < -0.4 is 15.2 Å². The van der Waals surface area contributed by atoms with Crippen molar-refractivity contribution in [2.45, 2.75) is 27.4 Å². The molecule has 0 aliphatic carbocycles. The molecule has 0 atom stereocenters. The number of tetrazole rings is 1.